The van der Waals surface area contributed by atoms with E-state index < -0.39 is 21.8 Å². The van der Waals surface area contributed by atoms with Gasteiger partial charge in [0.2, 0.25) is 5.91 Å². The summed E-state index contributed by atoms with van der Waals surface area (Å²) in [5, 5.41) is 8.97. The molecule has 0 aromatic carbocycles. The minimum Gasteiger partial charge on any atom is -0.480 e. The highest BCUT2D eigenvalue weighted by Gasteiger charge is 2.40. The summed E-state index contributed by atoms with van der Waals surface area (Å²) in [6, 6.07) is -0.839. The second kappa shape index (κ2) is 6.60. The minimum absolute atomic E-state index is 0.149. The predicted octanol–water partition coefficient (Wildman–Crippen LogP) is 0.576. The highest BCUT2D eigenvalue weighted by molar-refractivity contribution is 8.00. The molecule has 0 spiro atoms. The first-order valence-electron chi connectivity index (χ1n) is 6.09. The molecule has 1 amide bonds. The number of sulfone groups is 1. The van der Waals surface area contributed by atoms with Crippen LogP contribution in [0.15, 0.2) is 0 Å². The molecule has 0 aliphatic carbocycles. The van der Waals surface area contributed by atoms with E-state index >= 15 is 0 Å². The molecule has 1 N–H and O–H groups in total. The molecule has 0 saturated carbocycles. The van der Waals surface area contributed by atoms with Crippen molar-refractivity contribution in [2.45, 2.75) is 37.6 Å². The average Bonchev–Trinajstić information content (AvgIpc) is 2.69. The van der Waals surface area contributed by atoms with Gasteiger partial charge >= 0.3 is 5.97 Å². The Balaban J connectivity index is 2.77. The third-order valence-electron chi connectivity index (χ3n) is 2.89. The lowest BCUT2D eigenvalue weighted by molar-refractivity contribution is -0.149. The monoisotopic (exact) mass is 309 g/mol. The quantitative estimate of drug-likeness (QED) is 0.771. The standard InChI is InChI=1S/C11H19NO5S2/c1-3-4-10-12(8(7-18-10)11(14)15)9(13)5-6-19(2,16)17/h8,10H,3-7H2,1-2H3,(H,14,15). The second-order valence-corrected chi connectivity index (χ2v) is 8.08. The van der Waals surface area contributed by atoms with Crippen molar-refractivity contribution in [1.29, 1.82) is 0 Å². The normalized spacial score (nSPS) is 23.6. The lowest BCUT2D eigenvalue weighted by Crippen LogP contribution is -2.46. The van der Waals surface area contributed by atoms with Crippen LogP contribution in [0.3, 0.4) is 0 Å². The number of thioether (sulfide) groups is 1. The van der Waals surface area contributed by atoms with Gasteiger partial charge in [0.15, 0.2) is 0 Å². The van der Waals surface area contributed by atoms with Crippen molar-refractivity contribution in [3.05, 3.63) is 0 Å². The Kier molecular flexibility index (Phi) is 5.66. The molecule has 1 fully saturated rings. The van der Waals surface area contributed by atoms with Gasteiger partial charge in [0.1, 0.15) is 15.9 Å². The van der Waals surface area contributed by atoms with E-state index in [-0.39, 0.29) is 23.5 Å². The van der Waals surface area contributed by atoms with E-state index in [2.05, 4.69) is 0 Å². The summed E-state index contributed by atoms with van der Waals surface area (Å²) in [6.45, 7) is 1.97. The highest BCUT2D eigenvalue weighted by atomic mass is 32.2. The molecular weight excluding hydrogens is 290 g/mol. The molecule has 1 aliphatic rings. The molecule has 110 valence electrons. The van der Waals surface area contributed by atoms with Gasteiger partial charge in [-0.05, 0) is 6.42 Å². The van der Waals surface area contributed by atoms with Crippen LogP contribution in [-0.2, 0) is 19.4 Å². The molecule has 1 heterocycles. The van der Waals surface area contributed by atoms with Crippen LogP contribution in [0.2, 0.25) is 0 Å². The number of carbonyl (C=O) groups is 2. The number of aliphatic carboxylic acids is 1. The zero-order valence-electron chi connectivity index (χ0n) is 11.0. The van der Waals surface area contributed by atoms with Crippen LogP contribution >= 0.6 is 11.8 Å². The summed E-state index contributed by atoms with van der Waals surface area (Å²) >= 11 is 1.45. The van der Waals surface area contributed by atoms with Crippen molar-refractivity contribution in [3.8, 4) is 0 Å². The van der Waals surface area contributed by atoms with E-state index in [0.29, 0.717) is 5.75 Å². The van der Waals surface area contributed by atoms with Crippen LogP contribution in [0.25, 0.3) is 0 Å². The summed E-state index contributed by atoms with van der Waals surface area (Å²) in [5.41, 5.74) is 0. The van der Waals surface area contributed by atoms with Crippen LogP contribution in [0, 0.1) is 0 Å². The van der Waals surface area contributed by atoms with Gasteiger partial charge in [-0.1, -0.05) is 13.3 Å². The number of amides is 1. The van der Waals surface area contributed by atoms with Gasteiger partial charge in [-0.3, -0.25) is 4.79 Å². The molecule has 0 bridgehead atoms. The van der Waals surface area contributed by atoms with Crippen LogP contribution in [0.1, 0.15) is 26.2 Å². The van der Waals surface area contributed by atoms with Gasteiger partial charge in [-0.25, -0.2) is 13.2 Å². The van der Waals surface area contributed by atoms with Crippen LogP contribution in [0.4, 0.5) is 0 Å². The Labute approximate surface area is 117 Å². The topological polar surface area (TPSA) is 91.8 Å². The van der Waals surface area contributed by atoms with Gasteiger partial charge in [0.25, 0.3) is 0 Å². The number of hydrogen-bond donors (Lipinski definition) is 1. The lowest BCUT2D eigenvalue weighted by atomic mass is 10.2. The molecular formula is C11H19NO5S2. The van der Waals surface area contributed by atoms with Crippen molar-refractivity contribution < 1.29 is 23.1 Å². The Morgan fingerprint density at radius 3 is 2.53 bits per heavy atom. The summed E-state index contributed by atoms with van der Waals surface area (Å²) in [4.78, 5) is 24.6. The third-order valence-corrected chi connectivity index (χ3v) is 5.19. The minimum atomic E-state index is -3.22. The molecule has 0 radical (unpaired) electrons. The van der Waals surface area contributed by atoms with Crippen LogP contribution < -0.4 is 0 Å². The summed E-state index contributed by atoms with van der Waals surface area (Å²) in [6.07, 6.45) is 2.49. The zero-order valence-corrected chi connectivity index (χ0v) is 12.7. The third kappa shape index (κ3) is 4.68. The van der Waals surface area contributed by atoms with Crippen molar-refractivity contribution >= 4 is 33.5 Å². The molecule has 1 aliphatic heterocycles. The van der Waals surface area contributed by atoms with Crippen LogP contribution in [-0.4, -0.2) is 59.5 Å². The molecule has 1 rings (SSSR count). The van der Waals surface area contributed by atoms with E-state index in [9.17, 15) is 18.0 Å². The van der Waals surface area contributed by atoms with Gasteiger partial charge < -0.3 is 10.0 Å². The number of carboxylic acids is 1. The highest BCUT2D eigenvalue weighted by Crippen LogP contribution is 2.32. The molecule has 2 atom stereocenters. The Morgan fingerprint density at radius 2 is 2.05 bits per heavy atom. The molecule has 0 aromatic heterocycles. The number of rotatable bonds is 6. The number of carbonyl (C=O) groups excluding carboxylic acids is 1. The Hall–Kier alpha value is -0.760. The fourth-order valence-corrected chi connectivity index (χ4v) is 4.04. The fourth-order valence-electron chi connectivity index (χ4n) is 1.96. The van der Waals surface area contributed by atoms with Gasteiger partial charge in [-0.2, -0.15) is 0 Å². The summed E-state index contributed by atoms with van der Waals surface area (Å²) < 4.78 is 22.2. The SMILES string of the molecule is CCCC1SCC(C(=O)O)N1C(=O)CCS(C)(=O)=O. The van der Waals surface area contributed by atoms with Gasteiger partial charge in [0, 0.05) is 18.4 Å². The first-order chi connectivity index (χ1) is 8.76. The molecule has 8 heteroatoms. The van der Waals surface area contributed by atoms with Crippen molar-refractivity contribution in [2.24, 2.45) is 0 Å². The molecule has 2 unspecified atom stereocenters. The Bertz CT molecular complexity index is 448. The van der Waals surface area contributed by atoms with E-state index in [1.54, 1.807) is 0 Å². The van der Waals surface area contributed by atoms with E-state index in [1.807, 2.05) is 6.92 Å². The number of nitrogens with zero attached hydrogens (tertiary/aromatic N) is 1. The van der Waals surface area contributed by atoms with Crippen molar-refractivity contribution in [2.75, 3.05) is 17.8 Å². The first kappa shape index (κ1) is 16.3. The zero-order chi connectivity index (χ0) is 14.6. The second-order valence-electron chi connectivity index (χ2n) is 4.61. The van der Waals surface area contributed by atoms with Gasteiger partial charge in [0.05, 0.1) is 11.1 Å². The Morgan fingerprint density at radius 1 is 1.42 bits per heavy atom. The van der Waals surface area contributed by atoms with Crippen molar-refractivity contribution in [3.63, 3.8) is 0 Å². The molecule has 1 saturated heterocycles. The maximum absolute atomic E-state index is 12.1. The lowest BCUT2D eigenvalue weighted by Gasteiger charge is -2.27. The number of hydrogen-bond acceptors (Lipinski definition) is 5. The maximum atomic E-state index is 12.1. The maximum Gasteiger partial charge on any atom is 0.327 e. The van der Waals surface area contributed by atoms with E-state index in [1.165, 1.54) is 16.7 Å². The largest absolute Gasteiger partial charge is 0.480 e. The van der Waals surface area contributed by atoms with Gasteiger partial charge in [-0.15, -0.1) is 11.8 Å². The predicted molar refractivity (Wildman–Crippen MR) is 73.8 cm³/mol. The van der Waals surface area contributed by atoms with Crippen LogP contribution in [0.5, 0.6) is 0 Å². The molecule has 6 nitrogen and oxygen atoms in total. The summed E-state index contributed by atoms with van der Waals surface area (Å²) in [5.74, 6) is -1.29. The first-order valence-corrected chi connectivity index (χ1v) is 9.20. The summed E-state index contributed by atoms with van der Waals surface area (Å²) in [7, 11) is -3.22. The number of carboxylic acid groups (broad SMARTS) is 1. The molecule has 0 aromatic rings. The van der Waals surface area contributed by atoms with Crippen molar-refractivity contribution in [1.82, 2.24) is 4.90 Å². The smallest absolute Gasteiger partial charge is 0.327 e. The average molecular weight is 309 g/mol. The fraction of sp³-hybridized carbons (Fsp3) is 0.818. The van der Waals surface area contributed by atoms with E-state index in [4.69, 9.17) is 5.11 Å². The molecule has 19 heavy (non-hydrogen) atoms. The van der Waals surface area contributed by atoms with E-state index in [0.717, 1.165) is 19.1 Å².